The van der Waals surface area contributed by atoms with Crippen LogP contribution in [-0.4, -0.2) is 57.5 Å². The van der Waals surface area contributed by atoms with Crippen molar-refractivity contribution in [2.24, 2.45) is 18.9 Å². The van der Waals surface area contributed by atoms with Crippen LogP contribution in [0.4, 0.5) is 15.2 Å². The maximum absolute atomic E-state index is 13.9. The molecule has 2 unspecified atom stereocenters. The molecule has 9 nitrogen and oxygen atoms in total. The van der Waals surface area contributed by atoms with E-state index in [-0.39, 0.29) is 11.2 Å². The van der Waals surface area contributed by atoms with Crippen LogP contribution in [0.2, 0.25) is 10.0 Å². The van der Waals surface area contributed by atoms with Crippen LogP contribution in [0, 0.1) is 17.7 Å². The molecular weight excluding hydrogens is 468 g/mol. The summed E-state index contributed by atoms with van der Waals surface area (Å²) >= 11 is 13.8. The van der Waals surface area contributed by atoms with E-state index in [9.17, 15) is 4.39 Å². The van der Waals surface area contributed by atoms with Gasteiger partial charge in [-0.3, -0.25) is 0 Å². The van der Waals surface area contributed by atoms with Crippen molar-refractivity contribution in [2.75, 3.05) is 36.0 Å². The molecule has 0 radical (unpaired) electrons. The summed E-state index contributed by atoms with van der Waals surface area (Å²) in [7, 11) is 1.74. The lowest BCUT2D eigenvalue weighted by Gasteiger charge is -2.24. The molecule has 2 saturated heterocycles. The van der Waals surface area contributed by atoms with Crippen LogP contribution in [0.5, 0.6) is 0 Å². The topological polar surface area (TPSA) is 97.1 Å². The van der Waals surface area contributed by atoms with Crippen LogP contribution in [0.1, 0.15) is 0 Å². The molecule has 3 aromatic rings. The molecule has 2 atom stereocenters. The second-order valence-corrected chi connectivity index (χ2v) is 9.07. The Kier molecular flexibility index (Phi) is 6.19. The van der Waals surface area contributed by atoms with Gasteiger partial charge in [0.05, 0.1) is 28.8 Å². The van der Waals surface area contributed by atoms with Gasteiger partial charge in [-0.2, -0.15) is 14.4 Å². The number of nitrogens with zero attached hydrogens (tertiary/aromatic N) is 7. The standard InChI is InChI=1S/C17H16Cl2FN7S.CO2/c1-25-23-16(22-24-25)14-4-21-17(28-14)27-7-9-5-26(6-10(9)8-27)13-3-11(18)2-12(20)15(13)19;2-1-3/h2-4,9-10H,5-8H2,1H3;. The lowest BCUT2D eigenvalue weighted by atomic mass is 10.0. The number of rotatable bonds is 3. The molecular formula is C18H16Cl2FN7O2S. The van der Waals surface area contributed by atoms with Gasteiger partial charge in [0.25, 0.3) is 0 Å². The van der Waals surface area contributed by atoms with Gasteiger partial charge in [0.2, 0.25) is 5.82 Å². The number of tetrazole rings is 1. The van der Waals surface area contributed by atoms with Crippen molar-refractivity contribution in [3.63, 3.8) is 0 Å². The lowest BCUT2D eigenvalue weighted by Crippen LogP contribution is -2.28. The summed E-state index contributed by atoms with van der Waals surface area (Å²) in [6, 6.07) is 2.99. The first-order valence-corrected chi connectivity index (χ1v) is 10.8. The second kappa shape index (κ2) is 8.88. The average molecular weight is 484 g/mol. The number of aryl methyl sites for hydroxylation is 1. The monoisotopic (exact) mass is 483 g/mol. The Morgan fingerprint density at radius 1 is 1.13 bits per heavy atom. The number of hydrogen-bond acceptors (Lipinski definition) is 9. The van der Waals surface area contributed by atoms with E-state index in [4.69, 9.17) is 32.8 Å². The first kappa shape index (κ1) is 21.6. The molecule has 4 heterocycles. The largest absolute Gasteiger partial charge is 0.373 e. The summed E-state index contributed by atoms with van der Waals surface area (Å²) in [4.78, 5) is 27.6. The van der Waals surface area contributed by atoms with Gasteiger partial charge >= 0.3 is 6.15 Å². The maximum Gasteiger partial charge on any atom is 0.373 e. The number of fused-ring (bicyclic) bond motifs is 1. The zero-order valence-electron chi connectivity index (χ0n) is 16.2. The van der Waals surface area contributed by atoms with Gasteiger partial charge in [-0.05, 0) is 17.3 Å². The minimum Gasteiger partial charge on any atom is -0.369 e. The third-order valence-corrected chi connectivity index (χ3v) is 6.94. The highest BCUT2D eigenvalue weighted by Crippen LogP contribution is 2.41. The van der Waals surface area contributed by atoms with E-state index in [0.717, 1.165) is 36.2 Å². The normalized spacial score (nSPS) is 19.7. The van der Waals surface area contributed by atoms with Crippen LogP contribution in [0.3, 0.4) is 0 Å². The smallest absolute Gasteiger partial charge is 0.369 e. The zero-order chi connectivity index (χ0) is 22.1. The first-order chi connectivity index (χ1) is 14.9. The van der Waals surface area contributed by atoms with E-state index in [1.165, 1.54) is 10.9 Å². The van der Waals surface area contributed by atoms with Crippen molar-refractivity contribution in [1.82, 2.24) is 25.2 Å². The van der Waals surface area contributed by atoms with Gasteiger partial charge in [0.15, 0.2) is 5.13 Å². The molecule has 0 spiro atoms. The molecule has 0 amide bonds. The summed E-state index contributed by atoms with van der Waals surface area (Å²) in [6.07, 6.45) is 2.05. The van der Waals surface area contributed by atoms with E-state index in [1.807, 2.05) is 0 Å². The molecule has 2 aromatic heterocycles. The van der Waals surface area contributed by atoms with Crippen molar-refractivity contribution in [1.29, 1.82) is 0 Å². The van der Waals surface area contributed by atoms with Gasteiger partial charge in [-0.15, -0.1) is 10.2 Å². The van der Waals surface area contributed by atoms with Crippen LogP contribution in [0.25, 0.3) is 10.7 Å². The molecule has 2 aliphatic heterocycles. The van der Waals surface area contributed by atoms with E-state index >= 15 is 0 Å². The molecule has 0 saturated carbocycles. The van der Waals surface area contributed by atoms with Crippen molar-refractivity contribution >= 4 is 51.5 Å². The Labute approximate surface area is 190 Å². The second-order valence-electron chi connectivity index (χ2n) is 7.24. The number of anilines is 2. The predicted molar refractivity (Wildman–Crippen MR) is 113 cm³/mol. The van der Waals surface area contributed by atoms with Gasteiger partial charge in [-0.1, -0.05) is 34.5 Å². The lowest BCUT2D eigenvalue weighted by molar-refractivity contribution is -0.191. The molecule has 2 aliphatic rings. The highest BCUT2D eigenvalue weighted by Gasteiger charge is 2.41. The van der Waals surface area contributed by atoms with E-state index < -0.39 is 5.82 Å². The SMILES string of the molecule is Cn1nnc(-c2cnc(N3CC4CN(c5cc(Cl)cc(F)c5Cl)CC4C3)s2)n1.O=C=O. The third-order valence-electron chi connectivity index (χ3n) is 5.29. The number of benzene rings is 1. The molecule has 0 N–H and O–H groups in total. The molecule has 0 aliphatic carbocycles. The maximum atomic E-state index is 13.9. The number of aromatic nitrogens is 5. The Morgan fingerprint density at radius 3 is 2.39 bits per heavy atom. The summed E-state index contributed by atoms with van der Waals surface area (Å²) in [6.45, 7) is 3.46. The van der Waals surface area contributed by atoms with E-state index in [1.54, 1.807) is 30.6 Å². The molecule has 31 heavy (non-hydrogen) atoms. The highest BCUT2D eigenvalue weighted by molar-refractivity contribution is 7.18. The first-order valence-electron chi connectivity index (χ1n) is 9.23. The van der Waals surface area contributed by atoms with Crippen LogP contribution < -0.4 is 9.80 Å². The van der Waals surface area contributed by atoms with Crippen LogP contribution in [0.15, 0.2) is 18.3 Å². The molecule has 2 fully saturated rings. The summed E-state index contributed by atoms with van der Waals surface area (Å²) in [5, 5.41) is 13.6. The summed E-state index contributed by atoms with van der Waals surface area (Å²) < 4.78 is 13.9. The molecule has 5 rings (SSSR count). The minimum atomic E-state index is -0.476. The predicted octanol–water partition coefficient (Wildman–Crippen LogP) is 2.77. The fraction of sp³-hybridized carbons (Fsp3) is 0.389. The van der Waals surface area contributed by atoms with Crippen molar-refractivity contribution in [2.45, 2.75) is 0 Å². The van der Waals surface area contributed by atoms with Crippen molar-refractivity contribution in [3.05, 3.63) is 34.2 Å². The van der Waals surface area contributed by atoms with Gasteiger partial charge in [0.1, 0.15) is 5.82 Å². The van der Waals surface area contributed by atoms with E-state index in [0.29, 0.717) is 28.4 Å². The third kappa shape index (κ3) is 4.40. The fourth-order valence-electron chi connectivity index (χ4n) is 4.02. The minimum absolute atomic E-state index is 0.141. The van der Waals surface area contributed by atoms with Crippen LogP contribution >= 0.6 is 34.5 Å². The molecule has 162 valence electrons. The summed E-state index contributed by atoms with van der Waals surface area (Å²) in [5.74, 6) is 1.06. The zero-order valence-corrected chi connectivity index (χ0v) is 18.5. The number of halogens is 3. The number of thiazole rings is 1. The molecule has 0 bridgehead atoms. The van der Waals surface area contributed by atoms with Gasteiger partial charge < -0.3 is 9.80 Å². The quantitative estimate of drug-likeness (QED) is 0.524. The highest BCUT2D eigenvalue weighted by atomic mass is 35.5. The molecule has 13 heteroatoms. The van der Waals surface area contributed by atoms with Gasteiger partial charge in [0, 0.05) is 43.0 Å². The van der Waals surface area contributed by atoms with E-state index in [2.05, 4.69) is 30.2 Å². The van der Waals surface area contributed by atoms with Crippen molar-refractivity contribution < 1.29 is 14.0 Å². The Morgan fingerprint density at radius 2 is 1.77 bits per heavy atom. The molecule has 1 aromatic carbocycles. The Hall–Kier alpha value is -2.59. The fourth-order valence-corrected chi connectivity index (χ4v) is 5.30. The van der Waals surface area contributed by atoms with Crippen LogP contribution in [-0.2, 0) is 16.6 Å². The van der Waals surface area contributed by atoms with Gasteiger partial charge in [-0.25, -0.2) is 9.37 Å². The number of carbonyl (C=O) groups excluding carboxylic acids is 2. The Bertz CT molecular complexity index is 1120. The van der Waals surface area contributed by atoms with Crippen molar-refractivity contribution in [3.8, 4) is 10.7 Å². The summed E-state index contributed by atoms with van der Waals surface area (Å²) in [5.41, 5.74) is 0.679. The number of hydrogen-bond donors (Lipinski definition) is 0. The average Bonchev–Trinajstić information content (AvgIpc) is 3.47. The Balaban J connectivity index is 0.000000730.